The van der Waals surface area contributed by atoms with Crippen molar-refractivity contribution in [3.63, 3.8) is 0 Å². The van der Waals surface area contributed by atoms with Crippen molar-refractivity contribution in [1.82, 2.24) is 4.90 Å². The lowest BCUT2D eigenvalue weighted by Crippen LogP contribution is -2.53. The first-order chi connectivity index (χ1) is 11.6. The molecule has 2 aromatic carbocycles. The average molecular weight is 380 g/mol. The van der Waals surface area contributed by atoms with Gasteiger partial charge in [-0.15, -0.1) is 12.4 Å². The Morgan fingerprint density at radius 2 is 1.72 bits per heavy atom. The van der Waals surface area contributed by atoms with Crippen LogP contribution in [-0.2, 0) is 11.2 Å². The van der Waals surface area contributed by atoms with Crippen LogP contribution < -0.4 is 10.6 Å². The third-order valence-corrected chi connectivity index (χ3v) is 4.62. The summed E-state index contributed by atoms with van der Waals surface area (Å²) in [4.78, 5) is 16.7. The first-order valence-corrected chi connectivity index (χ1v) is 8.60. The number of nitrogens with zero attached hydrogens (tertiary/aromatic N) is 2. The number of amides is 1. The minimum absolute atomic E-state index is 0. The lowest BCUT2D eigenvalue weighted by Gasteiger charge is -2.37. The molecule has 2 N–H and O–H groups in total. The van der Waals surface area contributed by atoms with Gasteiger partial charge in [0.2, 0.25) is 5.91 Å². The summed E-state index contributed by atoms with van der Waals surface area (Å²) in [6, 6.07) is 17.3. The van der Waals surface area contributed by atoms with Crippen LogP contribution in [0.25, 0.3) is 0 Å². The molecule has 0 saturated carbocycles. The van der Waals surface area contributed by atoms with Gasteiger partial charge in [-0.05, 0) is 30.2 Å². The van der Waals surface area contributed by atoms with Gasteiger partial charge in [0.15, 0.2) is 0 Å². The van der Waals surface area contributed by atoms with E-state index in [0.717, 1.165) is 29.4 Å². The molecule has 1 heterocycles. The molecule has 2 aromatic rings. The van der Waals surface area contributed by atoms with Crippen LogP contribution in [0.5, 0.6) is 0 Å². The normalized spacial score (nSPS) is 15.4. The highest BCUT2D eigenvalue weighted by atomic mass is 35.5. The molecule has 0 aromatic heterocycles. The Labute approximate surface area is 160 Å². The lowest BCUT2D eigenvalue weighted by molar-refractivity contribution is -0.132. The van der Waals surface area contributed by atoms with Crippen LogP contribution in [0, 0.1) is 0 Å². The molecular weight excluding hydrogens is 357 g/mol. The molecule has 1 aliphatic rings. The van der Waals surface area contributed by atoms with Crippen LogP contribution in [-0.4, -0.2) is 43.0 Å². The Hall–Kier alpha value is -1.75. The maximum absolute atomic E-state index is 12.6. The average Bonchev–Trinajstić information content (AvgIpc) is 2.62. The second kappa shape index (κ2) is 9.09. The second-order valence-corrected chi connectivity index (χ2v) is 6.52. The third-order valence-electron chi connectivity index (χ3n) is 4.38. The van der Waals surface area contributed by atoms with E-state index < -0.39 is 6.04 Å². The molecule has 134 valence electrons. The summed E-state index contributed by atoms with van der Waals surface area (Å²) in [5.74, 6) is 0.0320. The Bertz CT molecular complexity index is 688. The standard InChI is InChI=1S/C19H22ClN3O.ClH/c20-16-7-4-8-17(14-16)22-9-11-23(12-10-22)19(24)18(21)13-15-5-2-1-3-6-15;/h1-8,14,18H,9-13,21H2;1H/t18-;/m0./s1. The van der Waals surface area contributed by atoms with E-state index in [0.29, 0.717) is 19.5 Å². The number of carbonyl (C=O) groups excluding carboxylic acids is 1. The van der Waals surface area contributed by atoms with E-state index in [2.05, 4.69) is 4.90 Å². The predicted molar refractivity (Wildman–Crippen MR) is 106 cm³/mol. The molecule has 1 aliphatic heterocycles. The van der Waals surface area contributed by atoms with Gasteiger partial charge in [-0.2, -0.15) is 0 Å². The summed E-state index contributed by atoms with van der Waals surface area (Å²) in [6.07, 6.45) is 0.578. The summed E-state index contributed by atoms with van der Waals surface area (Å²) < 4.78 is 0. The topological polar surface area (TPSA) is 49.6 Å². The first-order valence-electron chi connectivity index (χ1n) is 8.22. The molecule has 3 rings (SSSR count). The zero-order chi connectivity index (χ0) is 16.9. The van der Waals surface area contributed by atoms with Crippen molar-refractivity contribution < 1.29 is 4.79 Å². The van der Waals surface area contributed by atoms with E-state index in [9.17, 15) is 4.79 Å². The predicted octanol–water partition coefficient (Wildman–Crippen LogP) is 2.98. The molecule has 1 atom stereocenters. The number of piperazine rings is 1. The molecular formula is C19H23Cl2N3O. The molecule has 25 heavy (non-hydrogen) atoms. The van der Waals surface area contributed by atoms with Crippen molar-refractivity contribution in [3.8, 4) is 0 Å². The van der Waals surface area contributed by atoms with Gasteiger partial charge in [0.25, 0.3) is 0 Å². The highest BCUT2D eigenvalue weighted by Crippen LogP contribution is 2.21. The monoisotopic (exact) mass is 379 g/mol. The van der Waals surface area contributed by atoms with E-state index in [-0.39, 0.29) is 18.3 Å². The van der Waals surface area contributed by atoms with Gasteiger partial charge >= 0.3 is 0 Å². The molecule has 0 unspecified atom stereocenters. The number of nitrogens with two attached hydrogens (primary N) is 1. The summed E-state index contributed by atoms with van der Waals surface area (Å²) >= 11 is 6.05. The van der Waals surface area contributed by atoms with E-state index in [1.807, 2.05) is 59.5 Å². The highest BCUT2D eigenvalue weighted by molar-refractivity contribution is 6.30. The smallest absolute Gasteiger partial charge is 0.239 e. The Morgan fingerprint density at radius 3 is 2.36 bits per heavy atom. The van der Waals surface area contributed by atoms with Gasteiger partial charge < -0.3 is 15.5 Å². The summed E-state index contributed by atoms with van der Waals surface area (Å²) in [7, 11) is 0. The van der Waals surface area contributed by atoms with Crippen molar-refractivity contribution in [2.45, 2.75) is 12.5 Å². The van der Waals surface area contributed by atoms with Crippen molar-refractivity contribution in [1.29, 1.82) is 0 Å². The number of hydrogen-bond acceptors (Lipinski definition) is 3. The first kappa shape index (κ1) is 19.6. The van der Waals surface area contributed by atoms with Gasteiger partial charge in [0.05, 0.1) is 6.04 Å². The molecule has 1 fully saturated rings. The molecule has 6 heteroatoms. The quantitative estimate of drug-likeness (QED) is 0.887. The third kappa shape index (κ3) is 5.11. The van der Waals surface area contributed by atoms with E-state index in [1.54, 1.807) is 0 Å². The van der Waals surface area contributed by atoms with Crippen LogP contribution in [0.15, 0.2) is 54.6 Å². The Balaban J connectivity index is 0.00000225. The van der Waals surface area contributed by atoms with E-state index in [1.165, 1.54) is 0 Å². The largest absolute Gasteiger partial charge is 0.368 e. The number of anilines is 1. The zero-order valence-electron chi connectivity index (χ0n) is 14.0. The molecule has 1 amide bonds. The fourth-order valence-corrected chi connectivity index (χ4v) is 3.23. The summed E-state index contributed by atoms with van der Waals surface area (Å²) in [5.41, 5.74) is 8.32. The minimum atomic E-state index is -0.481. The molecule has 0 spiro atoms. The van der Waals surface area contributed by atoms with Crippen LogP contribution in [0.1, 0.15) is 5.56 Å². The van der Waals surface area contributed by atoms with Gasteiger partial charge in [0, 0.05) is 36.9 Å². The SMILES string of the molecule is Cl.N[C@@H](Cc1ccccc1)C(=O)N1CCN(c2cccc(Cl)c2)CC1. The fourth-order valence-electron chi connectivity index (χ4n) is 3.05. The molecule has 0 radical (unpaired) electrons. The maximum atomic E-state index is 12.6. The van der Waals surface area contributed by atoms with Crippen molar-refractivity contribution in [2.75, 3.05) is 31.1 Å². The maximum Gasteiger partial charge on any atom is 0.239 e. The van der Waals surface area contributed by atoms with Crippen molar-refractivity contribution >= 4 is 35.6 Å². The van der Waals surface area contributed by atoms with Crippen molar-refractivity contribution in [2.24, 2.45) is 5.73 Å². The number of rotatable bonds is 4. The zero-order valence-corrected chi connectivity index (χ0v) is 15.5. The molecule has 4 nitrogen and oxygen atoms in total. The van der Waals surface area contributed by atoms with Crippen LogP contribution in [0.4, 0.5) is 5.69 Å². The summed E-state index contributed by atoms with van der Waals surface area (Å²) in [6.45, 7) is 2.97. The lowest BCUT2D eigenvalue weighted by atomic mass is 10.1. The number of benzene rings is 2. The minimum Gasteiger partial charge on any atom is -0.368 e. The highest BCUT2D eigenvalue weighted by Gasteiger charge is 2.25. The van der Waals surface area contributed by atoms with Gasteiger partial charge in [-0.25, -0.2) is 0 Å². The molecule has 0 bridgehead atoms. The fraction of sp³-hybridized carbons (Fsp3) is 0.316. The van der Waals surface area contributed by atoms with Crippen LogP contribution in [0.3, 0.4) is 0 Å². The van der Waals surface area contributed by atoms with Gasteiger partial charge in [-0.1, -0.05) is 48.0 Å². The number of halogens is 2. The molecule has 1 saturated heterocycles. The van der Waals surface area contributed by atoms with Crippen LogP contribution in [0.2, 0.25) is 5.02 Å². The second-order valence-electron chi connectivity index (χ2n) is 6.09. The number of hydrogen-bond donors (Lipinski definition) is 1. The Kier molecular flexibility index (Phi) is 7.12. The van der Waals surface area contributed by atoms with E-state index in [4.69, 9.17) is 17.3 Å². The van der Waals surface area contributed by atoms with E-state index >= 15 is 0 Å². The van der Waals surface area contributed by atoms with Gasteiger partial charge in [0.1, 0.15) is 0 Å². The van der Waals surface area contributed by atoms with Crippen molar-refractivity contribution in [3.05, 3.63) is 65.2 Å². The Morgan fingerprint density at radius 1 is 1.04 bits per heavy atom. The van der Waals surface area contributed by atoms with Crippen LogP contribution >= 0.6 is 24.0 Å². The molecule has 0 aliphatic carbocycles. The summed E-state index contributed by atoms with van der Waals surface area (Å²) in [5, 5.41) is 0.732. The van der Waals surface area contributed by atoms with Gasteiger partial charge in [-0.3, -0.25) is 4.79 Å². The number of carbonyl (C=O) groups is 1.